The second-order valence-corrected chi connectivity index (χ2v) is 2.48. The third-order valence-electron chi connectivity index (χ3n) is 1.38. The molecule has 1 amide bonds. The zero-order valence-corrected chi connectivity index (χ0v) is 6.89. The molecule has 0 aromatic carbocycles. The van der Waals surface area contributed by atoms with Gasteiger partial charge in [0, 0.05) is 0 Å². The lowest BCUT2D eigenvalue weighted by atomic mass is 10.1. The van der Waals surface area contributed by atoms with Gasteiger partial charge in [-0.3, -0.25) is 10.1 Å². The summed E-state index contributed by atoms with van der Waals surface area (Å²) < 4.78 is 107. The molecule has 16 heavy (non-hydrogen) atoms. The number of carbonyl (C=O) groups excluding carboxylic acids is 1. The molecule has 0 heterocycles. The van der Waals surface area contributed by atoms with Gasteiger partial charge in [0.25, 0.3) is 0 Å². The van der Waals surface area contributed by atoms with E-state index in [0.29, 0.717) is 0 Å². The summed E-state index contributed by atoms with van der Waals surface area (Å²) in [5.41, 5.74) is 0. The molecule has 96 valence electrons. The van der Waals surface area contributed by atoms with E-state index in [1.165, 1.54) is 0 Å². The Balaban J connectivity index is 5.42. The van der Waals surface area contributed by atoms with Crippen LogP contribution in [0.15, 0.2) is 0 Å². The Morgan fingerprint density at radius 1 is 0.750 bits per heavy atom. The Hall–Kier alpha value is -1.16. The number of nitrogens with one attached hydrogen (secondary N) is 1. The van der Waals surface area contributed by atoms with Gasteiger partial charge in [-0.1, -0.05) is 0 Å². The van der Waals surface area contributed by atoms with Crippen molar-refractivity contribution < 1.29 is 44.3 Å². The average molecular weight is 263 g/mol. The maximum absolute atomic E-state index is 12.2. The molecule has 11 heteroatoms. The number of alkyl halides is 9. The highest BCUT2D eigenvalue weighted by molar-refractivity contribution is 5.47. The minimum Gasteiger partial charge on any atom is -0.295 e. The van der Waals surface area contributed by atoms with Crippen LogP contribution in [0.1, 0.15) is 0 Å². The van der Waals surface area contributed by atoms with Crippen molar-refractivity contribution in [2.45, 2.75) is 24.1 Å². The molecule has 0 saturated carbocycles. The van der Waals surface area contributed by atoms with Gasteiger partial charge in [-0.15, -0.1) is 0 Å². The molecule has 2 nitrogen and oxygen atoms in total. The van der Waals surface area contributed by atoms with Crippen LogP contribution >= 0.6 is 0 Å². The molecule has 0 fully saturated rings. The molecule has 0 radical (unpaired) electrons. The summed E-state index contributed by atoms with van der Waals surface area (Å²) in [7, 11) is 0. The predicted octanol–water partition coefficient (Wildman–Crippen LogP) is 2.16. The molecule has 1 N–H and O–H groups in total. The lowest BCUT2D eigenvalue weighted by Crippen LogP contribution is -2.65. The number of rotatable bonds is 4. The second kappa shape index (κ2) is 3.70. The van der Waals surface area contributed by atoms with Gasteiger partial charge in [-0.05, 0) is 0 Å². The van der Waals surface area contributed by atoms with E-state index in [2.05, 4.69) is 0 Å². The third kappa shape index (κ3) is 2.02. The van der Waals surface area contributed by atoms with Gasteiger partial charge < -0.3 is 0 Å². The van der Waals surface area contributed by atoms with Crippen molar-refractivity contribution >= 4 is 6.41 Å². The summed E-state index contributed by atoms with van der Waals surface area (Å²) in [6.07, 6.45) is -8.01. The van der Waals surface area contributed by atoms with Crippen molar-refractivity contribution in [1.29, 1.82) is 0 Å². The summed E-state index contributed by atoms with van der Waals surface area (Å²) in [6, 6.07) is -6.03. The highest BCUT2D eigenvalue weighted by Crippen LogP contribution is 2.51. The fourth-order valence-electron chi connectivity index (χ4n) is 0.540. The molecule has 0 aliphatic rings. The first-order chi connectivity index (χ1) is 6.81. The van der Waals surface area contributed by atoms with Crippen molar-refractivity contribution in [1.82, 2.24) is 5.32 Å². The summed E-state index contributed by atoms with van der Waals surface area (Å²) >= 11 is 0. The summed E-state index contributed by atoms with van der Waals surface area (Å²) in [4.78, 5) is 9.39. The minimum absolute atomic E-state index is 0.104. The first-order valence-corrected chi connectivity index (χ1v) is 3.23. The van der Waals surface area contributed by atoms with Crippen LogP contribution < -0.4 is 5.32 Å². The Morgan fingerprint density at radius 2 is 1.12 bits per heavy atom. The molecule has 0 spiro atoms. The van der Waals surface area contributed by atoms with Gasteiger partial charge in [0.15, 0.2) is 0 Å². The maximum atomic E-state index is 12.2. The van der Waals surface area contributed by atoms with Crippen LogP contribution in [0.5, 0.6) is 0 Å². The van der Waals surface area contributed by atoms with E-state index in [-0.39, 0.29) is 5.32 Å². The fourth-order valence-corrected chi connectivity index (χ4v) is 0.540. The zero-order chi connectivity index (χ0) is 13.4. The van der Waals surface area contributed by atoms with E-state index in [1.54, 1.807) is 0 Å². The van der Waals surface area contributed by atoms with Gasteiger partial charge in [0.1, 0.15) is 0 Å². The lowest BCUT2D eigenvalue weighted by Gasteiger charge is -2.32. The SMILES string of the molecule is O=CNC(F)(F)C(F)(F)C(F)(F)C(F)(F)F. The number of halogens is 9. The molecule has 0 unspecified atom stereocenters. The third-order valence-corrected chi connectivity index (χ3v) is 1.38. The largest absolute Gasteiger partial charge is 0.460 e. The first kappa shape index (κ1) is 14.8. The van der Waals surface area contributed by atoms with Crippen molar-refractivity contribution in [2.24, 2.45) is 0 Å². The predicted molar refractivity (Wildman–Crippen MR) is 30.1 cm³/mol. The van der Waals surface area contributed by atoms with Crippen molar-refractivity contribution in [3.63, 3.8) is 0 Å². The fraction of sp³-hybridized carbons (Fsp3) is 0.800. The standard InChI is InChI=1S/C5H2F9NO/c6-2(7,4(10,11)12)3(8,9)5(13,14)15-1-16/h1H,(H,15,16). The van der Waals surface area contributed by atoms with Crippen LogP contribution in [0.4, 0.5) is 39.5 Å². The number of amides is 1. The van der Waals surface area contributed by atoms with Gasteiger partial charge in [-0.25, -0.2) is 0 Å². The molecule has 0 aromatic heterocycles. The quantitative estimate of drug-likeness (QED) is 0.470. The van der Waals surface area contributed by atoms with Crippen molar-refractivity contribution in [3.05, 3.63) is 0 Å². The van der Waals surface area contributed by atoms with Crippen molar-refractivity contribution in [2.75, 3.05) is 0 Å². The van der Waals surface area contributed by atoms with Gasteiger partial charge >= 0.3 is 24.1 Å². The molecule has 0 aliphatic carbocycles. The molecular formula is C5H2F9NO. The van der Waals surface area contributed by atoms with E-state index >= 15 is 0 Å². The smallest absolute Gasteiger partial charge is 0.295 e. The lowest BCUT2D eigenvalue weighted by molar-refractivity contribution is -0.398. The van der Waals surface area contributed by atoms with E-state index in [4.69, 9.17) is 0 Å². The molecule has 0 bridgehead atoms. The van der Waals surface area contributed by atoms with Gasteiger partial charge in [-0.2, -0.15) is 39.5 Å². The minimum atomic E-state index is -6.99. The molecular weight excluding hydrogens is 261 g/mol. The number of carbonyl (C=O) groups is 1. The van der Waals surface area contributed by atoms with Gasteiger partial charge in [0.05, 0.1) is 0 Å². The number of hydrogen-bond donors (Lipinski definition) is 1. The Bertz CT molecular complexity index is 270. The Labute approximate surface area is 81.4 Å². The summed E-state index contributed by atoms with van der Waals surface area (Å²) in [6.45, 7) is 0. The van der Waals surface area contributed by atoms with E-state index < -0.39 is 30.5 Å². The summed E-state index contributed by atoms with van der Waals surface area (Å²) in [5, 5.41) is -0.104. The normalized spacial score (nSPS) is 14.8. The highest BCUT2D eigenvalue weighted by Gasteiger charge is 2.82. The van der Waals surface area contributed by atoms with E-state index in [9.17, 15) is 44.3 Å². The topological polar surface area (TPSA) is 29.1 Å². The maximum Gasteiger partial charge on any atom is 0.460 e. The monoisotopic (exact) mass is 263 g/mol. The van der Waals surface area contributed by atoms with Gasteiger partial charge in [0.2, 0.25) is 6.41 Å². The van der Waals surface area contributed by atoms with Crippen LogP contribution in [-0.4, -0.2) is 30.5 Å². The molecule has 0 aliphatic heterocycles. The first-order valence-electron chi connectivity index (χ1n) is 3.23. The average Bonchev–Trinajstić information content (AvgIpc) is 2.01. The Morgan fingerprint density at radius 3 is 1.38 bits per heavy atom. The zero-order valence-electron chi connectivity index (χ0n) is 6.89. The molecule has 0 rings (SSSR count). The van der Waals surface area contributed by atoms with Crippen LogP contribution in [0, 0.1) is 0 Å². The van der Waals surface area contributed by atoms with E-state index in [0.717, 1.165) is 0 Å². The van der Waals surface area contributed by atoms with Crippen LogP contribution in [0.3, 0.4) is 0 Å². The molecule has 0 atom stereocenters. The van der Waals surface area contributed by atoms with Crippen LogP contribution in [-0.2, 0) is 4.79 Å². The number of hydrogen-bond acceptors (Lipinski definition) is 1. The molecule has 0 saturated heterocycles. The van der Waals surface area contributed by atoms with Crippen LogP contribution in [0.25, 0.3) is 0 Å². The second-order valence-electron chi connectivity index (χ2n) is 2.48. The van der Waals surface area contributed by atoms with E-state index in [1.807, 2.05) is 0 Å². The van der Waals surface area contributed by atoms with Crippen molar-refractivity contribution in [3.8, 4) is 0 Å². The van der Waals surface area contributed by atoms with Crippen LogP contribution in [0.2, 0.25) is 0 Å². The highest BCUT2D eigenvalue weighted by atomic mass is 19.4. The Kier molecular flexibility index (Phi) is 3.43. The molecule has 0 aromatic rings. The summed E-state index contributed by atoms with van der Waals surface area (Å²) in [5.74, 6) is -13.8.